The van der Waals surface area contributed by atoms with Gasteiger partial charge in [0.15, 0.2) is 0 Å². The predicted octanol–water partition coefficient (Wildman–Crippen LogP) is 5.18. The van der Waals surface area contributed by atoms with E-state index in [0.717, 1.165) is 17.5 Å². The second kappa shape index (κ2) is 11.2. The minimum atomic E-state index is -0.542. The minimum absolute atomic E-state index is 0.111. The Bertz CT molecular complexity index is 855. The molecule has 4 nitrogen and oxygen atoms in total. The molecule has 0 spiro atoms. The van der Waals surface area contributed by atoms with Crippen LogP contribution in [-0.2, 0) is 22.6 Å². The molecule has 0 unspecified atom stereocenters. The fourth-order valence-corrected chi connectivity index (χ4v) is 3.66. The van der Waals surface area contributed by atoms with Crippen molar-refractivity contribution in [3.63, 3.8) is 0 Å². The third-order valence-electron chi connectivity index (χ3n) is 4.89. The van der Waals surface area contributed by atoms with E-state index in [1.54, 1.807) is 23.1 Å². The number of halogens is 2. The normalized spacial score (nSPS) is 11.8. The van der Waals surface area contributed by atoms with Crippen LogP contribution in [0.5, 0.6) is 0 Å². The van der Waals surface area contributed by atoms with Crippen LogP contribution in [0.2, 0.25) is 10.0 Å². The zero-order valence-corrected chi connectivity index (χ0v) is 18.7. The van der Waals surface area contributed by atoms with E-state index in [1.807, 2.05) is 45.0 Å². The number of benzene rings is 2. The Labute approximate surface area is 183 Å². The van der Waals surface area contributed by atoms with Crippen LogP contribution in [-0.4, -0.2) is 29.3 Å². The van der Waals surface area contributed by atoms with E-state index in [9.17, 15) is 9.59 Å². The molecule has 0 radical (unpaired) electrons. The number of nitrogens with zero attached hydrogens (tertiary/aromatic N) is 1. The van der Waals surface area contributed by atoms with Crippen molar-refractivity contribution in [2.75, 3.05) is 6.54 Å². The maximum atomic E-state index is 13.3. The zero-order valence-electron chi connectivity index (χ0n) is 17.2. The predicted molar refractivity (Wildman–Crippen MR) is 119 cm³/mol. The van der Waals surface area contributed by atoms with Gasteiger partial charge in [0.2, 0.25) is 11.8 Å². The van der Waals surface area contributed by atoms with Crippen molar-refractivity contribution in [2.24, 2.45) is 0 Å². The van der Waals surface area contributed by atoms with Gasteiger partial charge in [-0.05, 0) is 48.6 Å². The van der Waals surface area contributed by atoms with Gasteiger partial charge in [-0.2, -0.15) is 0 Å². The van der Waals surface area contributed by atoms with Crippen LogP contribution in [0.1, 0.15) is 43.4 Å². The Hall–Kier alpha value is -2.04. The highest BCUT2D eigenvalue weighted by Gasteiger charge is 2.29. The quantitative estimate of drug-likeness (QED) is 0.590. The highest BCUT2D eigenvalue weighted by molar-refractivity contribution is 6.35. The van der Waals surface area contributed by atoms with Crippen molar-refractivity contribution in [1.82, 2.24) is 10.2 Å². The van der Waals surface area contributed by atoms with Gasteiger partial charge in [-0.3, -0.25) is 9.59 Å². The molecule has 1 N–H and O–H groups in total. The lowest BCUT2D eigenvalue weighted by atomic mass is 10.0. The van der Waals surface area contributed by atoms with E-state index >= 15 is 0 Å². The van der Waals surface area contributed by atoms with Gasteiger partial charge < -0.3 is 10.2 Å². The van der Waals surface area contributed by atoms with E-state index in [2.05, 4.69) is 5.32 Å². The van der Waals surface area contributed by atoms with E-state index in [-0.39, 0.29) is 18.2 Å². The van der Waals surface area contributed by atoms with Gasteiger partial charge in [0.25, 0.3) is 0 Å². The average molecular weight is 435 g/mol. The SMILES string of the molecule is CCCNC(=O)[C@H](CC)N(Cc1ccccc1C)C(=O)Cc1ccc(Cl)cc1Cl. The number of carbonyl (C=O) groups is 2. The van der Waals surface area contributed by atoms with Crippen LogP contribution in [0.4, 0.5) is 0 Å². The Kier molecular flexibility index (Phi) is 8.99. The summed E-state index contributed by atoms with van der Waals surface area (Å²) >= 11 is 12.2. The van der Waals surface area contributed by atoms with Crippen molar-refractivity contribution >= 4 is 35.0 Å². The molecule has 0 fully saturated rings. The fourth-order valence-electron chi connectivity index (χ4n) is 3.19. The molecule has 1 atom stereocenters. The zero-order chi connectivity index (χ0) is 21.4. The average Bonchev–Trinajstić information content (AvgIpc) is 2.69. The van der Waals surface area contributed by atoms with Crippen LogP contribution >= 0.6 is 23.2 Å². The monoisotopic (exact) mass is 434 g/mol. The Morgan fingerprint density at radius 3 is 2.41 bits per heavy atom. The van der Waals surface area contributed by atoms with Gasteiger partial charge in [0.1, 0.15) is 6.04 Å². The van der Waals surface area contributed by atoms with Gasteiger partial charge in [-0.1, -0.05) is 67.4 Å². The summed E-state index contributed by atoms with van der Waals surface area (Å²) < 4.78 is 0. The van der Waals surface area contributed by atoms with E-state index in [0.29, 0.717) is 35.1 Å². The maximum Gasteiger partial charge on any atom is 0.242 e. The third kappa shape index (κ3) is 6.48. The fraction of sp³-hybridized carbons (Fsp3) is 0.391. The van der Waals surface area contributed by atoms with Crippen LogP contribution in [0.3, 0.4) is 0 Å². The first-order valence-corrected chi connectivity index (χ1v) is 10.7. The van der Waals surface area contributed by atoms with Crippen molar-refractivity contribution < 1.29 is 9.59 Å². The topological polar surface area (TPSA) is 49.4 Å². The third-order valence-corrected chi connectivity index (χ3v) is 5.48. The Balaban J connectivity index is 2.32. The summed E-state index contributed by atoms with van der Waals surface area (Å²) in [6, 6.07) is 12.5. The molecule has 0 aromatic heterocycles. The maximum absolute atomic E-state index is 13.3. The number of hydrogen-bond donors (Lipinski definition) is 1. The standard InChI is InChI=1S/C23H28Cl2N2O2/c1-4-12-26-23(29)21(5-2)27(15-18-9-7-6-8-16(18)3)22(28)13-17-10-11-19(24)14-20(17)25/h6-11,14,21H,4-5,12-13,15H2,1-3H3,(H,26,29)/t21-/m0/s1. The molecule has 0 aliphatic carbocycles. The molecule has 0 saturated heterocycles. The summed E-state index contributed by atoms with van der Waals surface area (Å²) in [6.45, 7) is 6.88. The van der Waals surface area contributed by atoms with Gasteiger partial charge >= 0.3 is 0 Å². The molecule has 0 saturated carbocycles. The smallest absolute Gasteiger partial charge is 0.242 e. The minimum Gasteiger partial charge on any atom is -0.354 e. The summed E-state index contributed by atoms with van der Waals surface area (Å²) in [7, 11) is 0. The lowest BCUT2D eigenvalue weighted by Crippen LogP contribution is -2.49. The van der Waals surface area contributed by atoms with Gasteiger partial charge in [-0.15, -0.1) is 0 Å². The Morgan fingerprint density at radius 1 is 1.07 bits per heavy atom. The largest absolute Gasteiger partial charge is 0.354 e. The molecule has 6 heteroatoms. The highest BCUT2D eigenvalue weighted by Crippen LogP contribution is 2.23. The Morgan fingerprint density at radius 2 is 1.79 bits per heavy atom. The van der Waals surface area contributed by atoms with Crippen LogP contribution in [0.25, 0.3) is 0 Å². The number of aryl methyl sites for hydroxylation is 1. The first-order valence-electron chi connectivity index (χ1n) is 9.92. The molecule has 0 aliphatic heterocycles. The van der Waals surface area contributed by atoms with Gasteiger partial charge in [-0.25, -0.2) is 0 Å². The summed E-state index contributed by atoms with van der Waals surface area (Å²) in [5, 5.41) is 3.90. The number of amides is 2. The van der Waals surface area contributed by atoms with E-state index in [1.165, 1.54) is 0 Å². The summed E-state index contributed by atoms with van der Waals surface area (Å²) in [5.74, 6) is -0.269. The first-order chi connectivity index (χ1) is 13.9. The van der Waals surface area contributed by atoms with Crippen molar-refractivity contribution in [1.29, 1.82) is 0 Å². The van der Waals surface area contributed by atoms with E-state index in [4.69, 9.17) is 23.2 Å². The van der Waals surface area contributed by atoms with Crippen molar-refractivity contribution in [2.45, 2.75) is 52.6 Å². The highest BCUT2D eigenvalue weighted by atomic mass is 35.5. The van der Waals surface area contributed by atoms with Crippen molar-refractivity contribution in [3.8, 4) is 0 Å². The molecule has 2 aromatic rings. The van der Waals surface area contributed by atoms with Crippen molar-refractivity contribution in [3.05, 3.63) is 69.2 Å². The molecule has 2 rings (SSSR count). The molecular formula is C23H28Cl2N2O2. The molecule has 0 heterocycles. The van der Waals surface area contributed by atoms with Gasteiger partial charge in [0, 0.05) is 23.1 Å². The number of hydrogen-bond acceptors (Lipinski definition) is 2. The molecule has 2 aromatic carbocycles. The van der Waals surface area contributed by atoms with Gasteiger partial charge in [0.05, 0.1) is 6.42 Å². The lowest BCUT2D eigenvalue weighted by molar-refractivity contribution is -0.140. The molecule has 29 heavy (non-hydrogen) atoms. The second-order valence-electron chi connectivity index (χ2n) is 7.08. The first kappa shape index (κ1) is 23.2. The summed E-state index contributed by atoms with van der Waals surface area (Å²) in [5.41, 5.74) is 2.79. The molecular weight excluding hydrogens is 407 g/mol. The second-order valence-corrected chi connectivity index (χ2v) is 7.92. The number of rotatable bonds is 9. The van der Waals surface area contributed by atoms with Crippen LogP contribution in [0, 0.1) is 6.92 Å². The summed E-state index contributed by atoms with van der Waals surface area (Å²) in [6.07, 6.45) is 1.48. The summed E-state index contributed by atoms with van der Waals surface area (Å²) in [4.78, 5) is 27.7. The van der Waals surface area contributed by atoms with Crippen LogP contribution in [0.15, 0.2) is 42.5 Å². The number of carbonyl (C=O) groups excluding carboxylic acids is 2. The molecule has 0 aliphatic rings. The molecule has 156 valence electrons. The molecule has 2 amide bonds. The molecule has 0 bridgehead atoms. The van der Waals surface area contributed by atoms with E-state index < -0.39 is 6.04 Å². The van der Waals surface area contributed by atoms with Crippen LogP contribution < -0.4 is 5.32 Å². The number of nitrogens with one attached hydrogen (secondary N) is 1. The lowest BCUT2D eigenvalue weighted by Gasteiger charge is -2.31.